The minimum Gasteiger partial charge on any atom is -0.310 e. The van der Waals surface area contributed by atoms with Gasteiger partial charge in [0, 0.05) is 6.04 Å². The van der Waals surface area contributed by atoms with E-state index in [-0.39, 0.29) is 11.9 Å². The molecule has 0 aliphatic rings. The van der Waals surface area contributed by atoms with Gasteiger partial charge >= 0.3 is 0 Å². The van der Waals surface area contributed by atoms with Crippen molar-refractivity contribution in [3.63, 3.8) is 0 Å². The van der Waals surface area contributed by atoms with Crippen molar-refractivity contribution in [2.24, 2.45) is 0 Å². The highest BCUT2D eigenvalue weighted by Gasteiger charge is 2.13. The molecule has 0 saturated carbocycles. The molecular formula is C17H29FN2. The van der Waals surface area contributed by atoms with Crippen LogP contribution in [0, 0.1) is 5.82 Å². The Morgan fingerprint density at radius 1 is 1.15 bits per heavy atom. The molecule has 2 nitrogen and oxygen atoms in total. The van der Waals surface area contributed by atoms with E-state index in [9.17, 15) is 4.39 Å². The van der Waals surface area contributed by atoms with Crippen molar-refractivity contribution in [1.29, 1.82) is 0 Å². The lowest BCUT2D eigenvalue weighted by Gasteiger charge is -2.24. The van der Waals surface area contributed by atoms with Gasteiger partial charge in [0.05, 0.1) is 0 Å². The summed E-state index contributed by atoms with van der Waals surface area (Å²) in [5, 5.41) is 3.54. The third-order valence-corrected chi connectivity index (χ3v) is 3.61. The maximum absolute atomic E-state index is 13.4. The number of hydrogen-bond donors (Lipinski definition) is 1. The van der Waals surface area contributed by atoms with Crippen LogP contribution in [0.1, 0.15) is 51.6 Å². The highest BCUT2D eigenvalue weighted by Crippen LogP contribution is 2.18. The molecule has 3 heteroatoms. The zero-order chi connectivity index (χ0) is 14.8. The Kier molecular flexibility index (Phi) is 8.47. The predicted octanol–water partition coefficient (Wildman–Crippen LogP) is 3.99. The number of nitrogens with one attached hydrogen (secondary N) is 1. The number of benzene rings is 1. The summed E-state index contributed by atoms with van der Waals surface area (Å²) in [5.41, 5.74) is 1.06. The van der Waals surface area contributed by atoms with Gasteiger partial charge in [0.15, 0.2) is 0 Å². The summed E-state index contributed by atoms with van der Waals surface area (Å²) < 4.78 is 13.4. The third kappa shape index (κ3) is 6.02. The van der Waals surface area contributed by atoms with Crippen LogP contribution in [-0.4, -0.2) is 31.1 Å². The van der Waals surface area contributed by atoms with Crippen LogP contribution >= 0.6 is 0 Å². The van der Waals surface area contributed by atoms with E-state index in [1.54, 1.807) is 12.1 Å². The molecular weight excluding hydrogens is 251 g/mol. The van der Waals surface area contributed by atoms with E-state index >= 15 is 0 Å². The van der Waals surface area contributed by atoms with E-state index in [1.807, 2.05) is 6.07 Å². The molecule has 0 saturated heterocycles. The molecule has 20 heavy (non-hydrogen) atoms. The second kappa shape index (κ2) is 9.89. The van der Waals surface area contributed by atoms with Gasteiger partial charge in [0.1, 0.15) is 5.82 Å². The molecule has 1 aromatic carbocycles. The van der Waals surface area contributed by atoms with Gasteiger partial charge in [-0.25, -0.2) is 4.39 Å². The lowest BCUT2D eigenvalue weighted by molar-refractivity contribution is 0.269. The SMILES string of the molecule is CCCNC(CCN(CC)CCC)c1cccc(F)c1. The highest BCUT2D eigenvalue weighted by molar-refractivity contribution is 5.20. The Morgan fingerprint density at radius 3 is 2.55 bits per heavy atom. The third-order valence-electron chi connectivity index (χ3n) is 3.61. The van der Waals surface area contributed by atoms with E-state index < -0.39 is 0 Å². The Labute approximate surface area is 123 Å². The summed E-state index contributed by atoms with van der Waals surface area (Å²) in [4.78, 5) is 2.46. The molecule has 0 radical (unpaired) electrons. The van der Waals surface area contributed by atoms with Crippen molar-refractivity contribution < 1.29 is 4.39 Å². The van der Waals surface area contributed by atoms with Gasteiger partial charge in [-0.3, -0.25) is 0 Å². The first-order chi connectivity index (χ1) is 9.71. The highest BCUT2D eigenvalue weighted by atomic mass is 19.1. The lowest BCUT2D eigenvalue weighted by Crippen LogP contribution is -2.30. The smallest absolute Gasteiger partial charge is 0.123 e. The van der Waals surface area contributed by atoms with Gasteiger partial charge in [-0.1, -0.05) is 32.9 Å². The van der Waals surface area contributed by atoms with Gasteiger partial charge in [-0.2, -0.15) is 0 Å². The van der Waals surface area contributed by atoms with Crippen LogP contribution in [0.25, 0.3) is 0 Å². The average Bonchev–Trinajstić information content (AvgIpc) is 2.46. The Hall–Kier alpha value is -0.930. The molecule has 1 rings (SSSR count). The first kappa shape index (κ1) is 17.1. The predicted molar refractivity (Wildman–Crippen MR) is 84.5 cm³/mol. The lowest BCUT2D eigenvalue weighted by atomic mass is 10.0. The zero-order valence-electron chi connectivity index (χ0n) is 13.2. The van der Waals surface area contributed by atoms with Crippen molar-refractivity contribution in [2.75, 3.05) is 26.2 Å². The van der Waals surface area contributed by atoms with Crippen molar-refractivity contribution in [3.8, 4) is 0 Å². The van der Waals surface area contributed by atoms with E-state index in [2.05, 4.69) is 31.0 Å². The molecule has 0 spiro atoms. The summed E-state index contributed by atoms with van der Waals surface area (Å²) in [6.07, 6.45) is 3.30. The van der Waals surface area contributed by atoms with Crippen LogP contribution in [0.4, 0.5) is 4.39 Å². The first-order valence-corrected chi connectivity index (χ1v) is 7.92. The Bertz CT molecular complexity index is 368. The molecule has 0 aliphatic heterocycles. The second-order valence-electron chi connectivity index (χ2n) is 5.28. The Morgan fingerprint density at radius 2 is 1.95 bits per heavy atom. The van der Waals surface area contributed by atoms with Crippen molar-refractivity contribution in [1.82, 2.24) is 10.2 Å². The summed E-state index contributed by atoms with van der Waals surface area (Å²) in [5.74, 6) is -0.147. The van der Waals surface area contributed by atoms with Crippen LogP contribution in [0.5, 0.6) is 0 Å². The van der Waals surface area contributed by atoms with Crippen molar-refractivity contribution >= 4 is 0 Å². The molecule has 1 aromatic rings. The molecule has 114 valence electrons. The zero-order valence-corrected chi connectivity index (χ0v) is 13.2. The fourth-order valence-electron chi connectivity index (χ4n) is 2.48. The average molecular weight is 280 g/mol. The van der Waals surface area contributed by atoms with Crippen LogP contribution in [0.3, 0.4) is 0 Å². The molecule has 0 aromatic heterocycles. The number of nitrogens with zero attached hydrogens (tertiary/aromatic N) is 1. The van der Waals surface area contributed by atoms with Crippen LogP contribution in [0.15, 0.2) is 24.3 Å². The normalized spacial score (nSPS) is 12.8. The molecule has 1 N–H and O–H groups in total. The molecule has 1 atom stereocenters. The van der Waals surface area contributed by atoms with Gasteiger partial charge in [-0.05, 0) is 63.1 Å². The number of hydrogen-bond acceptors (Lipinski definition) is 2. The second-order valence-corrected chi connectivity index (χ2v) is 5.28. The fraction of sp³-hybridized carbons (Fsp3) is 0.647. The van der Waals surface area contributed by atoms with E-state index in [4.69, 9.17) is 0 Å². The molecule has 0 aliphatic carbocycles. The van der Waals surface area contributed by atoms with Crippen LogP contribution in [0.2, 0.25) is 0 Å². The monoisotopic (exact) mass is 280 g/mol. The Balaban J connectivity index is 2.64. The van der Waals surface area contributed by atoms with Crippen LogP contribution < -0.4 is 5.32 Å². The fourth-order valence-corrected chi connectivity index (χ4v) is 2.48. The number of halogens is 1. The maximum Gasteiger partial charge on any atom is 0.123 e. The largest absolute Gasteiger partial charge is 0.310 e. The van der Waals surface area contributed by atoms with E-state index in [0.717, 1.165) is 44.6 Å². The first-order valence-electron chi connectivity index (χ1n) is 7.92. The van der Waals surface area contributed by atoms with Gasteiger partial charge < -0.3 is 10.2 Å². The molecule has 0 fully saturated rings. The topological polar surface area (TPSA) is 15.3 Å². The quantitative estimate of drug-likeness (QED) is 0.697. The van der Waals surface area contributed by atoms with Gasteiger partial charge in [0.2, 0.25) is 0 Å². The van der Waals surface area contributed by atoms with Crippen LogP contribution in [-0.2, 0) is 0 Å². The molecule has 0 amide bonds. The summed E-state index contributed by atoms with van der Waals surface area (Å²) >= 11 is 0. The summed E-state index contributed by atoms with van der Waals surface area (Å²) in [7, 11) is 0. The van der Waals surface area contributed by atoms with Crippen molar-refractivity contribution in [2.45, 2.75) is 46.1 Å². The van der Waals surface area contributed by atoms with Gasteiger partial charge in [0.25, 0.3) is 0 Å². The van der Waals surface area contributed by atoms with E-state index in [1.165, 1.54) is 12.5 Å². The minimum absolute atomic E-state index is 0.147. The van der Waals surface area contributed by atoms with E-state index in [0.29, 0.717) is 0 Å². The minimum atomic E-state index is -0.147. The number of rotatable bonds is 10. The molecule has 0 bridgehead atoms. The summed E-state index contributed by atoms with van der Waals surface area (Å²) in [6, 6.07) is 7.23. The maximum atomic E-state index is 13.4. The molecule has 0 heterocycles. The molecule has 1 unspecified atom stereocenters. The summed E-state index contributed by atoms with van der Waals surface area (Å²) in [6.45, 7) is 10.8. The van der Waals surface area contributed by atoms with Gasteiger partial charge in [-0.15, -0.1) is 0 Å². The van der Waals surface area contributed by atoms with Crippen molar-refractivity contribution in [3.05, 3.63) is 35.6 Å². The standard InChI is InChI=1S/C17H29FN2/c1-4-11-19-17(10-13-20(6-3)12-5-2)15-8-7-9-16(18)14-15/h7-9,14,17,19H,4-6,10-13H2,1-3H3.